The Morgan fingerprint density at radius 3 is 2.00 bits per heavy atom. The maximum absolute atomic E-state index is 14.3. The summed E-state index contributed by atoms with van der Waals surface area (Å²) in [6.45, 7) is 2.09. The first kappa shape index (κ1) is 16.8. The van der Waals surface area contributed by atoms with E-state index in [0.29, 0.717) is 5.56 Å². The quantitative estimate of drug-likeness (QED) is 0.624. The van der Waals surface area contributed by atoms with Gasteiger partial charge in [-0.25, -0.2) is 4.39 Å². The fourth-order valence-corrected chi connectivity index (χ4v) is 2.66. The smallest absolute Gasteiger partial charge is 0.131 e. The van der Waals surface area contributed by atoms with Crippen molar-refractivity contribution >= 4 is 0 Å². The number of rotatable bonds is 3. The maximum Gasteiger partial charge on any atom is 0.131 e. The lowest BCUT2D eigenvalue weighted by atomic mass is 10.0. The minimum atomic E-state index is -0.186. The second-order valence-electron chi connectivity index (χ2n) is 5.94. The third-order valence-electron chi connectivity index (χ3n) is 3.99. The van der Waals surface area contributed by atoms with Crippen LogP contribution in [-0.2, 0) is 6.42 Å². The molecule has 1 nitrogen and oxygen atoms in total. The summed E-state index contributed by atoms with van der Waals surface area (Å²) in [7, 11) is 0. The first-order valence-corrected chi connectivity index (χ1v) is 8.35. The van der Waals surface area contributed by atoms with Crippen molar-refractivity contribution in [2.24, 2.45) is 0 Å². The van der Waals surface area contributed by atoms with Crippen LogP contribution in [0, 0.1) is 17.7 Å². The molecule has 0 aliphatic rings. The molecule has 3 aromatic rings. The van der Waals surface area contributed by atoms with Gasteiger partial charge in [-0.2, -0.15) is 0 Å². The number of aromatic hydroxyl groups is 1. The zero-order valence-corrected chi connectivity index (χ0v) is 14.1. The monoisotopic (exact) mass is 330 g/mol. The molecule has 1 N–H and O–H groups in total. The minimum Gasteiger partial charge on any atom is -0.508 e. The van der Waals surface area contributed by atoms with E-state index in [-0.39, 0.29) is 11.6 Å². The number of hydrogen-bond acceptors (Lipinski definition) is 1. The largest absolute Gasteiger partial charge is 0.508 e. The maximum atomic E-state index is 14.3. The lowest BCUT2D eigenvalue weighted by molar-refractivity contribution is 0.475. The van der Waals surface area contributed by atoms with Crippen LogP contribution in [0.25, 0.3) is 11.1 Å². The minimum absolute atomic E-state index is 0.186. The Morgan fingerprint density at radius 1 is 0.840 bits per heavy atom. The Labute approximate surface area is 147 Å². The first-order chi connectivity index (χ1) is 12.2. The standard InChI is InChI=1S/C23H19FO/c1-2-3-19-10-15-22(23(24)16-19)20-11-6-17(7-12-20)4-5-18-8-13-21(25)14-9-18/h6-16,25H,2-3H2,1H3. The van der Waals surface area contributed by atoms with E-state index < -0.39 is 0 Å². The van der Waals surface area contributed by atoms with E-state index in [9.17, 15) is 9.50 Å². The zero-order valence-electron chi connectivity index (χ0n) is 14.1. The Kier molecular flexibility index (Phi) is 5.16. The van der Waals surface area contributed by atoms with Gasteiger partial charge in [0.15, 0.2) is 0 Å². The van der Waals surface area contributed by atoms with Crippen LogP contribution in [0.15, 0.2) is 66.7 Å². The number of benzene rings is 3. The Hall–Kier alpha value is -3.05. The van der Waals surface area contributed by atoms with Gasteiger partial charge >= 0.3 is 0 Å². The summed E-state index contributed by atoms with van der Waals surface area (Å²) >= 11 is 0. The molecule has 0 saturated carbocycles. The lowest BCUT2D eigenvalue weighted by Gasteiger charge is -2.06. The summed E-state index contributed by atoms with van der Waals surface area (Å²) in [6.07, 6.45) is 1.90. The summed E-state index contributed by atoms with van der Waals surface area (Å²) in [5, 5.41) is 9.27. The first-order valence-electron chi connectivity index (χ1n) is 8.35. The summed E-state index contributed by atoms with van der Waals surface area (Å²) < 4.78 is 14.3. The van der Waals surface area contributed by atoms with Crippen molar-refractivity contribution in [3.05, 3.63) is 89.2 Å². The van der Waals surface area contributed by atoms with Gasteiger partial charge in [0.2, 0.25) is 0 Å². The third kappa shape index (κ3) is 4.28. The molecule has 0 fully saturated rings. The predicted molar refractivity (Wildman–Crippen MR) is 99.9 cm³/mol. The molecule has 0 bridgehead atoms. The van der Waals surface area contributed by atoms with Gasteiger partial charge in [-0.1, -0.05) is 49.5 Å². The molecule has 3 aromatic carbocycles. The van der Waals surface area contributed by atoms with Crippen LogP contribution in [0.3, 0.4) is 0 Å². The van der Waals surface area contributed by atoms with Gasteiger partial charge in [0.25, 0.3) is 0 Å². The average molecular weight is 330 g/mol. The van der Waals surface area contributed by atoms with Gasteiger partial charge in [0, 0.05) is 16.7 Å². The Bertz CT molecular complexity index is 913. The molecule has 0 heterocycles. The molecule has 25 heavy (non-hydrogen) atoms. The number of phenols is 1. The van der Waals surface area contributed by atoms with Crippen molar-refractivity contribution in [2.45, 2.75) is 19.8 Å². The number of phenolic OH excluding ortho intramolecular Hbond substituents is 1. The van der Waals surface area contributed by atoms with E-state index in [2.05, 4.69) is 18.8 Å². The molecule has 2 heteroatoms. The van der Waals surface area contributed by atoms with Crippen LogP contribution in [0.4, 0.5) is 4.39 Å². The zero-order chi connectivity index (χ0) is 17.6. The third-order valence-corrected chi connectivity index (χ3v) is 3.99. The number of hydrogen-bond donors (Lipinski definition) is 1. The van der Waals surface area contributed by atoms with Crippen LogP contribution in [0.5, 0.6) is 5.75 Å². The molecule has 3 rings (SSSR count). The predicted octanol–water partition coefficient (Wildman–Crippen LogP) is 5.55. The summed E-state index contributed by atoms with van der Waals surface area (Å²) in [6, 6.07) is 19.8. The van der Waals surface area contributed by atoms with Gasteiger partial charge in [0.1, 0.15) is 11.6 Å². The molecule has 0 saturated heterocycles. The van der Waals surface area contributed by atoms with E-state index in [1.807, 2.05) is 36.4 Å². The molecule has 0 aliphatic heterocycles. The highest BCUT2D eigenvalue weighted by atomic mass is 19.1. The molecule has 0 spiro atoms. The van der Waals surface area contributed by atoms with Crippen molar-refractivity contribution in [3.8, 4) is 28.7 Å². The molecule has 0 amide bonds. The molecule has 124 valence electrons. The van der Waals surface area contributed by atoms with Gasteiger partial charge in [-0.3, -0.25) is 0 Å². The summed E-state index contributed by atoms with van der Waals surface area (Å²) in [5.41, 5.74) is 4.17. The molecule has 0 aromatic heterocycles. The summed E-state index contributed by atoms with van der Waals surface area (Å²) in [5.74, 6) is 6.16. The normalized spacial score (nSPS) is 10.2. The van der Waals surface area contributed by atoms with Crippen LogP contribution in [0.2, 0.25) is 0 Å². The second kappa shape index (κ2) is 7.68. The molecule has 0 aliphatic carbocycles. The van der Waals surface area contributed by atoms with Crippen LogP contribution in [-0.4, -0.2) is 5.11 Å². The van der Waals surface area contributed by atoms with E-state index in [4.69, 9.17) is 0 Å². The van der Waals surface area contributed by atoms with E-state index in [1.165, 1.54) is 0 Å². The number of aryl methyl sites for hydroxylation is 1. The lowest BCUT2D eigenvalue weighted by Crippen LogP contribution is -1.89. The fourth-order valence-electron chi connectivity index (χ4n) is 2.66. The average Bonchev–Trinajstić information content (AvgIpc) is 2.62. The highest BCUT2D eigenvalue weighted by Crippen LogP contribution is 2.24. The highest BCUT2D eigenvalue weighted by molar-refractivity contribution is 5.65. The van der Waals surface area contributed by atoms with Crippen LogP contribution in [0.1, 0.15) is 30.0 Å². The van der Waals surface area contributed by atoms with Crippen molar-refractivity contribution in [2.75, 3.05) is 0 Å². The van der Waals surface area contributed by atoms with Crippen molar-refractivity contribution in [1.82, 2.24) is 0 Å². The van der Waals surface area contributed by atoms with Crippen molar-refractivity contribution < 1.29 is 9.50 Å². The van der Waals surface area contributed by atoms with E-state index in [1.54, 1.807) is 30.3 Å². The van der Waals surface area contributed by atoms with Crippen molar-refractivity contribution in [1.29, 1.82) is 0 Å². The molecule has 0 atom stereocenters. The molecular weight excluding hydrogens is 311 g/mol. The molecule has 0 unspecified atom stereocenters. The van der Waals surface area contributed by atoms with Crippen molar-refractivity contribution in [3.63, 3.8) is 0 Å². The number of halogens is 1. The molecular formula is C23H19FO. The van der Waals surface area contributed by atoms with E-state index in [0.717, 1.165) is 35.1 Å². The van der Waals surface area contributed by atoms with Gasteiger partial charge in [0.05, 0.1) is 0 Å². The second-order valence-corrected chi connectivity index (χ2v) is 5.94. The topological polar surface area (TPSA) is 20.2 Å². The molecule has 0 radical (unpaired) electrons. The Morgan fingerprint density at radius 2 is 1.44 bits per heavy atom. The van der Waals surface area contributed by atoms with E-state index >= 15 is 0 Å². The van der Waals surface area contributed by atoms with Gasteiger partial charge < -0.3 is 5.11 Å². The van der Waals surface area contributed by atoms with Gasteiger partial charge in [-0.15, -0.1) is 0 Å². The van der Waals surface area contributed by atoms with Crippen LogP contribution < -0.4 is 0 Å². The Balaban J connectivity index is 1.80. The summed E-state index contributed by atoms with van der Waals surface area (Å²) in [4.78, 5) is 0. The SMILES string of the molecule is CCCc1ccc(-c2ccc(C#Cc3ccc(O)cc3)cc2)c(F)c1. The fraction of sp³-hybridized carbons (Fsp3) is 0.130. The van der Waals surface area contributed by atoms with Crippen LogP contribution >= 0.6 is 0 Å². The van der Waals surface area contributed by atoms with Gasteiger partial charge in [-0.05, 0) is 60.0 Å². The highest BCUT2D eigenvalue weighted by Gasteiger charge is 2.06.